The van der Waals surface area contributed by atoms with Crippen LogP contribution in [0.2, 0.25) is 0 Å². The number of rotatable bonds is 5. The molecule has 0 fully saturated rings. The van der Waals surface area contributed by atoms with Crippen LogP contribution in [0.3, 0.4) is 0 Å². The average molecular weight is 268 g/mol. The predicted octanol–water partition coefficient (Wildman–Crippen LogP) is 2.53. The van der Waals surface area contributed by atoms with Gasteiger partial charge in [0.2, 0.25) is 6.41 Å². The van der Waals surface area contributed by atoms with E-state index in [2.05, 4.69) is 5.32 Å². The number of nitrogens with one attached hydrogen (secondary N) is 1. The molecule has 0 bridgehead atoms. The highest BCUT2D eigenvalue weighted by Crippen LogP contribution is 2.17. The van der Waals surface area contributed by atoms with Gasteiger partial charge in [0.15, 0.2) is 0 Å². The number of carbonyl (C=O) groups is 2. The second kappa shape index (κ2) is 6.52. The van der Waals surface area contributed by atoms with E-state index in [0.717, 1.165) is 5.56 Å². The third-order valence-electron chi connectivity index (χ3n) is 2.98. The molecule has 0 radical (unpaired) electrons. The molecule has 0 aromatic heterocycles. The van der Waals surface area contributed by atoms with Gasteiger partial charge >= 0.3 is 0 Å². The number of benzene rings is 2. The van der Waals surface area contributed by atoms with Crippen molar-refractivity contribution in [3.63, 3.8) is 0 Å². The molecule has 0 saturated carbocycles. The molecule has 0 heterocycles. The molecule has 0 spiro atoms. The van der Waals surface area contributed by atoms with E-state index in [1.54, 1.807) is 36.2 Å². The minimum absolute atomic E-state index is 0.126. The lowest BCUT2D eigenvalue weighted by Gasteiger charge is -2.18. The molecule has 0 aliphatic carbocycles. The van der Waals surface area contributed by atoms with Crippen molar-refractivity contribution in [1.82, 2.24) is 4.90 Å². The van der Waals surface area contributed by atoms with E-state index in [4.69, 9.17) is 0 Å². The van der Waals surface area contributed by atoms with Crippen LogP contribution in [0.25, 0.3) is 0 Å². The topological polar surface area (TPSA) is 49.4 Å². The molecule has 102 valence electrons. The van der Waals surface area contributed by atoms with Crippen molar-refractivity contribution in [3.05, 3.63) is 65.7 Å². The Morgan fingerprint density at radius 2 is 1.75 bits per heavy atom. The standard InChI is InChI=1S/C16H16N2O2/c1-18(11-13-7-3-2-4-8-13)16(20)14-9-5-6-10-15(14)17-12-19/h2-10,12H,11H2,1H3,(H,17,19). The van der Waals surface area contributed by atoms with Crippen molar-refractivity contribution in [2.75, 3.05) is 12.4 Å². The summed E-state index contributed by atoms with van der Waals surface area (Å²) in [6, 6.07) is 16.7. The summed E-state index contributed by atoms with van der Waals surface area (Å²) in [5.41, 5.74) is 2.06. The molecular weight excluding hydrogens is 252 g/mol. The Labute approximate surface area is 118 Å². The maximum absolute atomic E-state index is 12.4. The van der Waals surface area contributed by atoms with Crippen LogP contribution >= 0.6 is 0 Å². The van der Waals surface area contributed by atoms with Crippen LogP contribution in [0.4, 0.5) is 5.69 Å². The molecule has 4 heteroatoms. The van der Waals surface area contributed by atoms with Crippen molar-refractivity contribution in [3.8, 4) is 0 Å². The molecule has 2 aromatic rings. The summed E-state index contributed by atoms with van der Waals surface area (Å²) in [5, 5.41) is 2.55. The summed E-state index contributed by atoms with van der Waals surface area (Å²) in [4.78, 5) is 24.6. The zero-order valence-electron chi connectivity index (χ0n) is 11.2. The molecule has 0 unspecified atom stereocenters. The number of para-hydroxylation sites is 1. The molecule has 0 saturated heterocycles. The van der Waals surface area contributed by atoms with Gasteiger partial charge in [-0.05, 0) is 17.7 Å². The van der Waals surface area contributed by atoms with Crippen LogP contribution < -0.4 is 5.32 Å². The lowest BCUT2D eigenvalue weighted by molar-refractivity contribution is -0.105. The van der Waals surface area contributed by atoms with E-state index >= 15 is 0 Å². The molecule has 2 aromatic carbocycles. The molecule has 2 rings (SSSR count). The summed E-state index contributed by atoms with van der Waals surface area (Å²) in [6.07, 6.45) is 0.573. The SMILES string of the molecule is CN(Cc1ccccc1)C(=O)c1ccccc1NC=O. The van der Waals surface area contributed by atoms with Gasteiger partial charge < -0.3 is 10.2 Å². The minimum atomic E-state index is -0.126. The zero-order chi connectivity index (χ0) is 14.4. The van der Waals surface area contributed by atoms with Crippen LogP contribution in [0.5, 0.6) is 0 Å². The molecule has 4 nitrogen and oxygen atoms in total. The second-order valence-corrected chi connectivity index (χ2v) is 4.45. The van der Waals surface area contributed by atoms with Crippen LogP contribution in [0.1, 0.15) is 15.9 Å². The number of hydrogen-bond donors (Lipinski definition) is 1. The van der Waals surface area contributed by atoms with Gasteiger partial charge in [0.05, 0.1) is 11.3 Å². The Hall–Kier alpha value is -2.62. The van der Waals surface area contributed by atoms with E-state index in [9.17, 15) is 9.59 Å². The molecule has 20 heavy (non-hydrogen) atoms. The fourth-order valence-electron chi connectivity index (χ4n) is 1.99. The van der Waals surface area contributed by atoms with Gasteiger partial charge in [-0.25, -0.2) is 0 Å². The highest BCUT2D eigenvalue weighted by atomic mass is 16.2. The highest BCUT2D eigenvalue weighted by Gasteiger charge is 2.15. The van der Waals surface area contributed by atoms with Gasteiger partial charge in [0.25, 0.3) is 5.91 Å². The zero-order valence-corrected chi connectivity index (χ0v) is 11.2. The van der Waals surface area contributed by atoms with E-state index in [1.165, 1.54) is 0 Å². The van der Waals surface area contributed by atoms with Gasteiger partial charge in [-0.2, -0.15) is 0 Å². The van der Waals surface area contributed by atoms with E-state index in [-0.39, 0.29) is 5.91 Å². The van der Waals surface area contributed by atoms with Gasteiger partial charge in [-0.15, -0.1) is 0 Å². The minimum Gasteiger partial charge on any atom is -0.337 e. The van der Waals surface area contributed by atoms with Crippen molar-refractivity contribution >= 4 is 18.0 Å². The number of nitrogens with zero attached hydrogens (tertiary/aromatic N) is 1. The summed E-state index contributed by atoms with van der Waals surface area (Å²) in [7, 11) is 1.74. The van der Waals surface area contributed by atoms with Gasteiger partial charge in [-0.3, -0.25) is 9.59 Å². The average Bonchev–Trinajstić information content (AvgIpc) is 2.48. The highest BCUT2D eigenvalue weighted by molar-refractivity contribution is 6.01. The third-order valence-corrected chi connectivity index (χ3v) is 2.98. The number of hydrogen-bond acceptors (Lipinski definition) is 2. The van der Waals surface area contributed by atoms with Crippen LogP contribution in [0, 0.1) is 0 Å². The fraction of sp³-hybridized carbons (Fsp3) is 0.125. The first-order valence-electron chi connectivity index (χ1n) is 6.31. The van der Waals surface area contributed by atoms with Crippen LogP contribution in [0.15, 0.2) is 54.6 Å². The number of anilines is 1. The largest absolute Gasteiger partial charge is 0.337 e. The first-order valence-corrected chi connectivity index (χ1v) is 6.31. The Balaban J connectivity index is 2.16. The number of amides is 2. The molecule has 0 atom stereocenters. The first-order chi connectivity index (χ1) is 9.72. The monoisotopic (exact) mass is 268 g/mol. The van der Waals surface area contributed by atoms with Crippen molar-refractivity contribution < 1.29 is 9.59 Å². The first kappa shape index (κ1) is 13.8. The quantitative estimate of drug-likeness (QED) is 0.847. The van der Waals surface area contributed by atoms with E-state index in [1.807, 2.05) is 30.3 Å². The Morgan fingerprint density at radius 1 is 1.10 bits per heavy atom. The lowest BCUT2D eigenvalue weighted by Crippen LogP contribution is -2.27. The van der Waals surface area contributed by atoms with Crippen molar-refractivity contribution in [2.24, 2.45) is 0 Å². The van der Waals surface area contributed by atoms with Gasteiger partial charge in [0.1, 0.15) is 0 Å². The maximum Gasteiger partial charge on any atom is 0.256 e. The summed E-state index contributed by atoms with van der Waals surface area (Å²) < 4.78 is 0. The lowest BCUT2D eigenvalue weighted by atomic mass is 10.1. The normalized spacial score (nSPS) is 9.85. The third kappa shape index (κ3) is 3.23. The Morgan fingerprint density at radius 3 is 2.45 bits per heavy atom. The van der Waals surface area contributed by atoms with Crippen LogP contribution in [-0.4, -0.2) is 24.3 Å². The molecule has 1 N–H and O–H groups in total. The van der Waals surface area contributed by atoms with Crippen molar-refractivity contribution in [2.45, 2.75) is 6.54 Å². The van der Waals surface area contributed by atoms with Crippen LogP contribution in [-0.2, 0) is 11.3 Å². The summed E-state index contributed by atoms with van der Waals surface area (Å²) >= 11 is 0. The van der Waals surface area contributed by atoms with E-state index in [0.29, 0.717) is 24.2 Å². The molecule has 2 amide bonds. The molecule has 0 aliphatic heterocycles. The molecular formula is C16H16N2O2. The summed E-state index contributed by atoms with van der Waals surface area (Å²) in [5.74, 6) is -0.126. The summed E-state index contributed by atoms with van der Waals surface area (Å²) in [6.45, 7) is 0.523. The number of carbonyl (C=O) groups excluding carboxylic acids is 2. The van der Waals surface area contributed by atoms with Gasteiger partial charge in [0, 0.05) is 13.6 Å². The second-order valence-electron chi connectivity index (χ2n) is 4.45. The molecule has 0 aliphatic rings. The van der Waals surface area contributed by atoms with Crippen molar-refractivity contribution in [1.29, 1.82) is 0 Å². The van der Waals surface area contributed by atoms with E-state index < -0.39 is 0 Å². The Kier molecular flexibility index (Phi) is 4.50. The smallest absolute Gasteiger partial charge is 0.256 e. The fourth-order valence-corrected chi connectivity index (χ4v) is 1.99. The maximum atomic E-state index is 12.4. The van der Waals surface area contributed by atoms with Gasteiger partial charge in [-0.1, -0.05) is 42.5 Å². The predicted molar refractivity (Wildman–Crippen MR) is 78.4 cm³/mol. The Bertz CT molecular complexity index is 596.